The number of rotatable bonds is 25. The summed E-state index contributed by atoms with van der Waals surface area (Å²) in [6.45, 7) is 9.08. The molecule has 52 heavy (non-hydrogen) atoms. The van der Waals surface area contributed by atoms with Crippen LogP contribution >= 0.6 is 0 Å². The molecule has 0 spiro atoms. The molecule has 4 nitrogen and oxygen atoms in total. The van der Waals surface area contributed by atoms with E-state index in [9.17, 15) is 4.79 Å². The minimum atomic E-state index is -0.386. The number of hydrogen-bond acceptors (Lipinski definition) is 4. The molecule has 2 aromatic rings. The van der Waals surface area contributed by atoms with Crippen LogP contribution in [0.5, 0.6) is 17.2 Å². The highest BCUT2D eigenvalue weighted by molar-refractivity contribution is 5.84. The molecule has 0 heterocycles. The first kappa shape index (κ1) is 43.6. The summed E-state index contributed by atoms with van der Waals surface area (Å²) < 4.78 is 16.9. The van der Waals surface area contributed by atoms with Crippen molar-refractivity contribution in [2.24, 2.45) is 11.8 Å². The summed E-state index contributed by atoms with van der Waals surface area (Å²) in [5, 5.41) is 0. The number of hydrogen-bond donors (Lipinski definition) is 0. The van der Waals surface area contributed by atoms with Gasteiger partial charge in [0.25, 0.3) is 0 Å². The van der Waals surface area contributed by atoms with Gasteiger partial charge in [-0.1, -0.05) is 176 Å². The predicted octanol–water partition coefficient (Wildman–Crippen LogP) is 13.1. The molecule has 4 heteroatoms. The fraction of sp³-hybridized carbons (Fsp3) is 0.396. The molecule has 0 aliphatic carbocycles. The Morgan fingerprint density at radius 2 is 1.06 bits per heavy atom. The minimum absolute atomic E-state index is 0.386. The van der Waals surface area contributed by atoms with Crippen LogP contribution in [0.25, 0.3) is 6.08 Å². The van der Waals surface area contributed by atoms with Crippen LogP contribution in [0.4, 0.5) is 0 Å². The first-order valence-corrected chi connectivity index (χ1v) is 19.2. The molecule has 280 valence electrons. The van der Waals surface area contributed by atoms with Gasteiger partial charge in [-0.3, -0.25) is 0 Å². The molecule has 0 saturated heterocycles. The molecule has 2 rings (SSSR count). The van der Waals surface area contributed by atoms with Gasteiger partial charge in [0.15, 0.2) is 0 Å². The van der Waals surface area contributed by atoms with E-state index in [1.807, 2.05) is 115 Å². The molecule has 0 aliphatic rings. The fourth-order valence-corrected chi connectivity index (χ4v) is 5.54. The summed E-state index contributed by atoms with van der Waals surface area (Å²) in [4.78, 5) is 12.9. The lowest BCUT2D eigenvalue weighted by Gasteiger charge is -2.16. The number of methoxy groups -OCH3 is 2. The van der Waals surface area contributed by atoms with Crippen molar-refractivity contribution < 1.29 is 19.0 Å². The third-order valence-electron chi connectivity index (χ3n) is 8.44. The van der Waals surface area contributed by atoms with Crippen LogP contribution in [0.3, 0.4) is 0 Å². The maximum Gasteiger partial charge on any atom is 0.336 e. The van der Waals surface area contributed by atoms with Gasteiger partial charge in [-0.25, -0.2) is 4.79 Å². The molecule has 0 unspecified atom stereocenters. The second-order valence-corrected chi connectivity index (χ2v) is 13.8. The SMILES string of the molecule is COc1ccc(/C=C/C=C/C=C/C=C/C=C/C=C/C=C/C=C/C(=O)Oc2cc(CCCC(C)C)cc(OC)c2CCCCCCCCC(C)C)cc1. The highest BCUT2D eigenvalue weighted by atomic mass is 16.5. The van der Waals surface area contributed by atoms with E-state index in [-0.39, 0.29) is 5.97 Å². The van der Waals surface area contributed by atoms with E-state index in [1.54, 1.807) is 20.3 Å². The highest BCUT2D eigenvalue weighted by Crippen LogP contribution is 2.33. The zero-order valence-corrected chi connectivity index (χ0v) is 32.8. The molecular formula is C48H64O4. The van der Waals surface area contributed by atoms with Crippen LogP contribution in [-0.2, 0) is 17.6 Å². The Hall–Kier alpha value is -4.57. The molecule has 0 saturated carbocycles. The standard InChI is InChI=1S/C48H64O4/c1-40(2)28-23-19-17-18-21-25-32-45-46(51-6)38-43(31-27-29-41(3)4)39-47(45)52-48(49)33-26-22-16-14-12-10-8-7-9-11-13-15-20-24-30-42-34-36-44(50-5)37-35-42/h7-16,20,22,24,26,30,33-41H,17-19,21,23,25,27-29,31-32H2,1-6H3/b9-7+,10-8+,13-11+,14-12+,20-15+,22-16+,30-24+,33-26+. The van der Waals surface area contributed by atoms with Crippen LogP contribution in [0.1, 0.15) is 102 Å². The van der Waals surface area contributed by atoms with Crippen molar-refractivity contribution in [3.63, 3.8) is 0 Å². The zero-order chi connectivity index (χ0) is 37.7. The first-order valence-electron chi connectivity index (χ1n) is 19.2. The van der Waals surface area contributed by atoms with Crippen molar-refractivity contribution in [3.05, 3.63) is 144 Å². The molecule has 0 radical (unpaired) electrons. The molecule has 0 N–H and O–H groups in total. The smallest absolute Gasteiger partial charge is 0.336 e. The number of carbonyl (C=O) groups is 1. The van der Waals surface area contributed by atoms with Gasteiger partial charge in [-0.2, -0.15) is 0 Å². The third-order valence-corrected chi connectivity index (χ3v) is 8.44. The monoisotopic (exact) mass is 704 g/mol. The summed E-state index contributed by atoms with van der Waals surface area (Å²) in [7, 11) is 3.38. The van der Waals surface area contributed by atoms with Crippen LogP contribution in [0.2, 0.25) is 0 Å². The van der Waals surface area contributed by atoms with Gasteiger partial charge in [0.2, 0.25) is 0 Å². The summed E-state index contributed by atoms with van der Waals surface area (Å²) in [6.07, 6.45) is 43.3. The number of benzene rings is 2. The Morgan fingerprint density at radius 1 is 0.558 bits per heavy atom. The van der Waals surface area contributed by atoms with Gasteiger partial charge in [0, 0.05) is 11.6 Å². The van der Waals surface area contributed by atoms with E-state index in [0.717, 1.165) is 72.6 Å². The summed E-state index contributed by atoms with van der Waals surface area (Å²) in [5.41, 5.74) is 3.26. The van der Waals surface area contributed by atoms with E-state index >= 15 is 0 Å². The van der Waals surface area contributed by atoms with Crippen LogP contribution < -0.4 is 14.2 Å². The van der Waals surface area contributed by atoms with Crippen LogP contribution in [0.15, 0.2) is 128 Å². The lowest BCUT2D eigenvalue weighted by atomic mass is 9.97. The van der Waals surface area contributed by atoms with Gasteiger partial charge < -0.3 is 14.2 Å². The van der Waals surface area contributed by atoms with E-state index in [0.29, 0.717) is 11.7 Å². The number of esters is 1. The summed E-state index contributed by atoms with van der Waals surface area (Å²) in [6, 6.07) is 12.1. The molecular weight excluding hydrogens is 641 g/mol. The zero-order valence-electron chi connectivity index (χ0n) is 32.8. The maximum atomic E-state index is 12.9. The second-order valence-electron chi connectivity index (χ2n) is 13.8. The van der Waals surface area contributed by atoms with Crippen molar-refractivity contribution in [2.75, 3.05) is 14.2 Å². The number of ether oxygens (including phenoxy) is 3. The highest BCUT2D eigenvalue weighted by Gasteiger charge is 2.15. The van der Waals surface area contributed by atoms with Crippen molar-refractivity contribution in [1.29, 1.82) is 0 Å². The van der Waals surface area contributed by atoms with Gasteiger partial charge in [0.1, 0.15) is 17.2 Å². The van der Waals surface area contributed by atoms with E-state index in [2.05, 4.69) is 33.8 Å². The molecule has 0 fully saturated rings. The topological polar surface area (TPSA) is 44.8 Å². The summed E-state index contributed by atoms with van der Waals surface area (Å²) >= 11 is 0. The Morgan fingerprint density at radius 3 is 1.62 bits per heavy atom. The van der Waals surface area contributed by atoms with Crippen LogP contribution in [-0.4, -0.2) is 20.2 Å². The number of aryl methyl sites for hydroxylation is 1. The fourth-order valence-electron chi connectivity index (χ4n) is 5.54. The van der Waals surface area contributed by atoms with Crippen molar-refractivity contribution in [3.8, 4) is 17.2 Å². The normalized spacial score (nSPS) is 12.7. The van der Waals surface area contributed by atoms with Gasteiger partial charge in [0.05, 0.1) is 14.2 Å². The molecule has 0 atom stereocenters. The average Bonchev–Trinajstić information content (AvgIpc) is 3.12. The average molecular weight is 705 g/mol. The number of allylic oxidation sites excluding steroid dienone is 14. The lowest BCUT2D eigenvalue weighted by molar-refractivity contribution is -0.129. The minimum Gasteiger partial charge on any atom is -0.497 e. The van der Waals surface area contributed by atoms with Crippen molar-refractivity contribution in [1.82, 2.24) is 0 Å². The Balaban J connectivity index is 1.85. The van der Waals surface area contributed by atoms with E-state index in [1.165, 1.54) is 38.2 Å². The van der Waals surface area contributed by atoms with Crippen molar-refractivity contribution >= 4 is 12.0 Å². The first-order chi connectivity index (χ1) is 25.3. The predicted molar refractivity (Wildman–Crippen MR) is 223 cm³/mol. The summed E-state index contributed by atoms with van der Waals surface area (Å²) in [5.74, 6) is 3.36. The Labute approximate surface area is 316 Å². The largest absolute Gasteiger partial charge is 0.497 e. The molecule has 0 aliphatic heterocycles. The number of carbonyl (C=O) groups excluding carboxylic acids is 1. The maximum absolute atomic E-state index is 12.9. The lowest BCUT2D eigenvalue weighted by Crippen LogP contribution is -2.08. The van der Waals surface area contributed by atoms with E-state index in [4.69, 9.17) is 14.2 Å². The van der Waals surface area contributed by atoms with Gasteiger partial charge in [-0.15, -0.1) is 0 Å². The third kappa shape index (κ3) is 20.9. The number of unbranched alkanes of at least 4 members (excludes halogenated alkanes) is 5. The van der Waals surface area contributed by atoms with Gasteiger partial charge >= 0.3 is 5.97 Å². The molecule has 0 aromatic heterocycles. The van der Waals surface area contributed by atoms with Crippen molar-refractivity contribution in [2.45, 2.75) is 98.3 Å². The second kappa shape index (κ2) is 28.1. The molecule has 0 amide bonds. The van der Waals surface area contributed by atoms with E-state index < -0.39 is 0 Å². The molecule has 2 aromatic carbocycles. The van der Waals surface area contributed by atoms with Crippen LogP contribution in [0, 0.1) is 11.8 Å². The molecule has 0 bridgehead atoms. The Kier molecular flexibility index (Phi) is 23.5. The quantitative estimate of drug-likeness (QED) is 0.0339. The Bertz CT molecular complexity index is 1510. The van der Waals surface area contributed by atoms with Gasteiger partial charge in [-0.05, 0) is 72.9 Å².